The average Bonchev–Trinajstić information content (AvgIpc) is 3.04. The molecule has 0 bridgehead atoms. The molecule has 0 radical (unpaired) electrons. The number of hydrogen-bond donors (Lipinski definition) is 0. The van der Waals surface area contributed by atoms with Crippen molar-refractivity contribution in [2.24, 2.45) is 7.05 Å². The van der Waals surface area contributed by atoms with E-state index in [9.17, 15) is 0 Å². The van der Waals surface area contributed by atoms with E-state index < -0.39 is 0 Å². The van der Waals surface area contributed by atoms with E-state index in [4.69, 9.17) is 4.74 Å². The fourth-order valence-electron chi connectivity index (χ4n) is 3.18. The molecule has 1 fully saturated rings. The highest BCUT2D eigenvalue weighted by Gasteiger charge is 2.23. The molecule has 3 aromatic rings. The van der Waals surface area contributed by atoms with Crippen LogP contribution in [0.3, 0.4) is 0 Å². The van der Waals surface area contributed by atoms with Crippen LogP contribution in [0.5, 0.6) is 5.75 Å². The molecule has 1 saturated heterocycles. The zero-order valence-corrected chi connectivity index (χ0v) is 14.5. The van der Waals surface area contributed by atoms with Gasteiger partial charge < -0.3 is 19.1 Å². The summed E-state index contributed by atoms with van der Waals surface area (Å²) in [6.45, 7) is 6.04. The molecule has 0 aromatic carbocycles. The van der Waals surface area contributed by atoms with Crippen LogP contribution in [0.1, 0.15) is 6.92 Å². The number of aromatic nitrogens is 5. The van der Waals surface area contributed by atoms with Crippen molar-refractivity contribution in [3.05, 3.63) is 31.0 Å². The first-order chi connectivity index (χ1) is 12.3. The highest BCUT2D eigenvalue weighted by Crippen LogP contribution is 2.28. The summed E-state index contributed by atoms with van der Waals surface area (Å²) < 4.78 is 7.63. The molecule has 0 spiro atoms. The van der Waals surface area contributed by atoms with E-state index >= 15 is 0 Å². The molecule has 0 atom stereocenters. The molecule has 0 unspecified atom stereocenters. The van der Waals surface area contributed by atoms with Gasteiger partial charge in [-0.05, 0) is 19.1 Å². The molecule has 1 aliphatic rings. The minimum absolute atomic E-state index is 0.636. The Morgan fingerprint density at radius 2 is 1.76 bits per heavy atom. The van der Waals surface area contributed by atoms with Gasteiger partial charge in [0.2, 0.25) is 0 Å². The van der Waals surface area contributed by atoms with Gasteiger partial charge in [0.05, 0.1) is 12.9 Å². The van der Waals surface area contributed by atoms with Gasteiger partial charge in [0.25, 0.3) is 0 Å². The Balaban J connectivity index is 1.54. The number of pyridine rings is 1. The number of fused-ring (bicyclic) bond motifs is 1. The van der Waals surface area contributed by atoms with Gasteiger partial charge in [-0.15, -0.1) is 0 Å². The summed E-state index contributed by atoms with van der Waals surface area (Å²) in [5.74, 6) is 2.65. The molecule has 0 amide bonds. The molecular weight excluding hydrogens is 318 g/mol. The third kappa shape index (κ3) is 2.84. The maximum absolute atomic E-state index is 5.71. The minimum Gasteiger partial charge on any atom is -0.490 e. The van der Waals surface area contributed by atoms with Crippen LogP contribution in [0.2, 0.25) is 0 Å². The summed E-state index contributed by atoms with van der Waals surface area (Å²) >= 11 is 0. The zero-order chi connectivity index (χ0) is 17.2. The Morgan fingerprint density at radius 1 is 1.00 bits per heavy atom. The highest BCUT2D eigenvalue weighted by atomic mass is 16.5. The summed E-state index contributed by atoms with van der Waals surface area (Å²) in [5.41, 5.74) is 1.71. The van der Waals surface area contributed by atoms with Crippen LogP contribution in [0.15, 0.2) is 31.0 Å². The quantitative estimate of drug-likeness (QED) is 0.713. The minimum atomic E-state index is 0.636. The number of piperazine rings is 1. The lowest BCUT2D eigenvalue weighted by molar-refractivity contribution is 0.338. The molecule has 0 aliphatic carbocycles. The Hall–Kier alpha value is -2.90. The second-order valence-electron chi connectivity index (χ2n) is 5.96. The fourth-order valence-corrected chi connectivity index (χ4v) is 3.18. The standard InChI is InChI=1S/C17H21N7O/c1-3-25-13-5-4-6-18-15(13)23-7-9-24(10-8-23)17-14-16(19-11-20-17)22(2)12-21-14/h4-6,11-12H,3,7-10H2,1-2H3. The summed E-state index contributed by atoms with van der Waals surface area (Å²) in [4.78, 5) is 22.3. The number of imidazole rings is 1. The molecule has 0 N–H and O–H groups in total. The van der Waals surface area contributed by atoms with Crippen molar-refractivity contribution in [1.82, 2.24) is 24.5 Å². The second kappa shape index (κ2) is 6.54. The van der Waals surface area contributed by atoms with Crippen molar-refractivity contribution in [2.75, 3.05) is 42.6 Å². The van der Waals surface area contributed by atoms with Crippen LogP contribution in [0.4, 0.5) is 11.6 Å². The summed E-state index contributed by atoms with van der Waals surface area (Å²) in [7, 11) is 1.94. The molecule has 8 nitrogen and oxygen atoms in total. The molecule has 4 rings (SSSR count). The SMILES string of the molecule is CCOc1cccnc1N1CCN(c2ncnc3c2ncn3C)CC1. The van der Waals surface area contributed by atoms with Crippen molar-refractivity contribution in [1.29, 1.82) is 0 Å². The first kappa shape index (κ1) is 15.6. The Kier molecular flexibility index (Phi) is 4.09. The lowest BCUT2D eigenvalue weighted by Crippen LogP contribution is -2.47. The molecule has 0 saturated carbocycles. The Labute approximate surface area is 146 Å². The van der Waals surface area contributed by atoms with Gasteiger partial charge in [0, 0.05) is 39.4 Å². The van der Waals surface area contributed by atoms with Crippen LogP contribution in [-0.2, 0) is 7.05 Å². The van der Waals surface area contributed by atoms with E-state index in [-0.39, 0.29) is 0 Å². The number of hydrogen-bond acceptors (Lipinski definition) is 7. The predicted octanol–water partition coefficient (Wildman–Crippen LogP) is 1.48. The number of ether oxygens (including phenoxy) is 1. The van der Waals surface area contributed by atoms with E-state index in [2.05, 4.69) is 29.7 Å². The molecule has 3 aromatic heterocycles. The first-order valence-electron chi connectivity index (χ1n) is 8.47. The third-order valence-corrected chi connectivity index (χ3v) is 4.41. The van der Waals surface area contributed by atoms with Crippen LogP contribution in [-0.4, -0.2) is 57.3 Å². The number of nitrogens with zero attached hydrogens (tertiary/aromatic N) is 7. The molecule has 1 aliphatic heterocycles. The zero-order valence-electron chi connectivity index (χ0n) is 14.5. The monoisotopic (exact) mass is 339 g/mol. The summed E-state index contributed by atoms with van der Waals surface area (Å²) in [6, 6.07) is 3.88. The van der Waals surface area contributed by atoms with E-state index in [1.165, 1.54) is 0 Å². The van der Waals surface area contributed by atoms with Gasteiger partial charge in [0.1, 0.15) is 6.33 Å². The van der Waals surface area contributed by atoms with Crippen molar-refractivity contribution in [3.8, 4) is 5.75 Å². The van der Waals surface area contributed by atoms with Crippen LogP contribution in [0.25, 0.3) is 11.2 Å². The van der Waals surface area contributed by atoms with E-state index in [1.54, 1.807) is 12.7 Å². The van der Waals surface area contributed by atoms with Gasteiger partial charge in [0.15, 0.2) is 28.5 Å². The van der Waals surface area contributed by atoms with Gasteiger partial charge in [-0.3, -0.25) is 0 Å². The van der Waals surface area contributed by atoms with Crippen molar-refractivity contribution in [2.45, 2.75) is 6.92 Å². The number of aryl methyl sites for hydroxylation is 1. The van der Waals surface area contributed by atoms with Crippen LogP contribution in [0, 0.1) is 0 Å². The summed E-state index contributed by atoms with van der Waals surface area (Å²) in [6.07, 6.45) is 5.20. The first-order valence-corrected chi connectivity index (χ1v) is 8.47. The molecule has 130 valence electrons. The van der Waals surface area contributed by atoms with Crippen molar-refractivity contribution >= 4 is 22.8 Å². The van der Waals surface area contributed by atoms with Gasteiger partial charge in [-0.2, -0.15) is 0 Å². The lowest BCUT2D eigenvalue weighted by atomic mass is 10.3. The number of anilines is 2. The topological polar surface area (TPSA) is 72.2 Å². The lowest BCUT2D eigenvalue weighted by Gasteiger charge is -2.36. The third-order valence-electron chi connectivity index (χ3n) is 4.41. The van der Waals surface area contributed by atoms with Crippen LogP contribution >= 0.6 is 0 Å². The second-order valence-corrected chi connectivity index (χ2v) is 5.96. The normalized spacial score (nSPS) is 15.0. The van der Waals surface area contributed by atoms with Crippen molar-refractivity contribution < 1.29 is 4.74 Å². The van der Waals surface area contributed by atoms with Gasteiger partial charge >= 0.3 is 0 Å². The maximum Gasteiger partial charge on any atom is 0.171 e. The van der Waals surface area contributed by atoms with Crippen LogP contribution < -0.4 is 14.5 Å². The molecule has 8 heteroatoms. The Morgan fingerprint density at radius 3 is 2.52 bits per heavy atom. The highest BCUT2D eigenvalue weighted by molar-refractivity contribution is 5.83. The smallest absolute Gasteiger partial charge is 0.171 e. The van der Waals surface area contributed by atoms with Crippen molar-refractivity contribution in [3.63, 3.8) is 0 Å². The summed E-state index contributed by atoms with van der Waals surface area (Å²) in [5, 5.41) is 0. The molecule has 25 heavy (non-hydrogen) atoms. The van der Waals surface area contributed by atoms with E-state index in [0.717, 1.165) is 54.7 Å². The molecular formula is C17H21N7O. The Bertz CT molecular complexity index is 870. The molecule has 4 heterocycles. The average molecular weight is 339 g/mol. The number of rotatable bonds is 4. The fraction of sp³-hybridized carbons (Fsp3) is 0.412. The van der Waals surface area contributed by atoms with Gasteiger partial charge in [-0.25, -0.2) is 19.9 Å². The predicted molar refractivity (Wildman–Crippen MR) is 96.1 cm³/mol. The van der Waals surface area contributed by atoms with E-state index in [0.29, 0.717) is 6.61 Å². The largest absolute Gasteiger partial charge is 0.490 e. The maximum atomic E-state index is 5.71. The van der Waals surface area contributed by atoms with E-state index in [1.807, 2.05) is 36.9 Å². The van der Waals surface area contributed by atoms with Gasteiger partial charge in [-0.1, -0.05) is 0 Å².